The van der Waals surface area contributed by atoms with Gasteiger partial charge in [-0.05, 0) is 55.2 Å². The number of aryl methyl sites for hydroxylation is 2. The van der Waals surface area contributed by atoms with Gasteiger partial charge in [-0.1, -0.05) is 0 Å². The van der Waals surface area contributed by atoms with Gasteiger partial charge in [-0.15, -0.1) is 16.4 Å². The standard InChI is InChI=1S/C12H14N4O2S/c1-7-6-9(19-8(7)2)10-13-14-15-16(10)12(11(17)18)4-3-5-12/h6H,3-5H2,1-2H3,(H,17,18). The molecule has 0 bridgehead atoms. The third kappa shape index (κ3) is 1.68. The lowest BCUT2D eigenvalue weighted by atomic mass is 9.77. The lowest BCUT2D eigenvalue weighted by Crippen LogP contribution is -2.48. The van der Waals surface area contributed by atoms with Gasteiger partial charge in [0.1, 0.15) is 0 Å². The Kier molecular flexibility index (Phi) is 2.67. The Bertz CT molecular complexity index is 622. The summed E-state index contributed by atoms with van der Waals surface area (Å²) in [7, 11) is 0. The van der Waals surface area contributed by atoms with E-state index in [4.69, 9.17) is 0 Å². The molecule has 19 heavy (non-hydrogen) atoms. The van der Waals surface area contributed by atoms with E-state index in [9.17, 15) is 9.90 Å². The summed E-state index contributed by atoms with van der Waals surface area (Å²) in [6.07, 6.45) is 2.07. The number of aliphatic carboxylic acids is 1. The topological polar surface area (TPSA) is 80.9 Å². The summed E-state index contributed by atoms with van der Waals surface area (Å²) in [5.74, 6) is -0.291. The minimum atomic E-state index is -0.954. The van der Waals surface area contributed by atoms with Crippen LogP contribution in [0, 0.1) is 13.8 Å². The van der Waals surface area contributed by atoms with Crippen LogP contribution in [-0.2, 0) is 10.3 Å². The second-order valence-corrected chi connectivity index (χ2v) is 6.21. The third-order valence-electron chi connectivity index (χ3n) is 3.84. The molecule has 0 unspecified atom stereocenters. The van der Waals surface area contributed by atoms with Crippen LogP contribution in [0.4, 0.5) is 0 Å². The normalized spacial score (nSPS) is 17.2. The van der Waals surface area contributed by atoms with Crippen molar-refractivity contribution in [1.29, 1.82) is 0 Å². The molecule has 1 N–H and O–H groups in total. The second-order valence-electron chi connectivity index (χ2n) is 4.95. The fourth-order valence-electron chi connectivity index (χ4n) is 2.34. The Labute approximate surface area is 114 Å². The van der Waals surface area contributed by atoms with Gasteiger partial charge in [-0.2, -0.15) is 0 Å². The van der Waals surface area contributed by atoms with E-state index in [2.05, 4.69) is 15.5 Å². The van der Waals surface area contributed by atoms with Gasteiger partial charge < -0.3 is 5.11 Å². The van der Waals surface area contributed by atoms with Crippen LogP contribution in [0.5, 0.6) is 0 Å². The highest BCUT2D eigenvalue weighted by molar-refractivity contribution is 7.15. The maximum atomic E-state index is 11.5. The molecule has 1 fully saturated rings. The highest BCUT2D eigenvalue weighted by atomic mass is 32.1. The number of tetrazole rings is 1. The zero-order valence-electron chi connectivity index (χ0n) is 10.8. The number of hydrogen-bond donors (Lipinski definition) is 1. The van der Waals surface area contributed by atoms with E-state index in [1.807, 2.05) is 19.9 Å². The Hall–Kier alpha value is -1.76. The summed E-state index contributed by atoms with van der Waals surface area (Å²) >= 11 is 1.59. The molecule has 1 aliphatic carbocycles. The van der Waals surface area contributed by atoms with Crippen molar-refractivity contribution in [2.24, 2.45) is 0 Å². The minimum Gasteiger partial charge on any atom is -0.479 e. The van der Waals surface area contributed by atoms with Crippen molar-refractivity contribution in [3.8, 4) is 10.7 Å². The summed E-state index contributed by atoms with van der Waals surface area (Å²) in [4.78, 5) is 13.7. The highest BCUT2D eigenvalue weighted by Crippen LogP contribution is 2.41. The van der Waals surface area contributed by atoms with Gasteiger partial charge in [0.15, 0.2) is 11.4 Å². The molecule has 0 saturated heterocycles. The molecule has 6 nitrogen and oxygen atoms in total. The fourth-order valence-corrected chi connectivity index (χ4v) is 3.34. The van der Waals surface area contributed by atoms with Gasteiger partial charge in [-0.25, -0.2) is 9.48 Å². The summed E-state index contributed by atoms with van der Waals surface area (Å²) in [6.45, 7) is 4.06. The zero-order chi connectivity index (χ0) is 13.6. The van der Waals surface area contributed by atoms with E-state index in [0.717, 1.165) is 11.3 Å². The summed E-state index contributed by atoms with van der Waals surface area (Å²) in [5, 5.41) is 21.1. The SMILES string of the molecule is Cc1cc(-c2nnnn2C2(C(=O)O)CCC2)sc1C. The quantitative estimate of drug-likeness (QED) is 0.928. The van der Waals surface area contributed by atoms with Crippen molar-refractivity contribution in [3.05, 3.63) is 16.5 Å². The largest absolute Gasteiger partial charge is 0.479 e. The average Bonchev–Trinajstić information content (AvgIpc) is 2.85. The van der Waals surface area contributed by atoms with E-state index in [1.165, 1.54) is 15.1 Å². The van der Waals surface area contributed by atoms with Crippen LogP contribution in [0.1, 0.15) is 29.7 Å². The Morgan fingerprint density at radius 1 is 1.47 bits per heavy atom. The molecule has 3 rings (SSSR count). The number of carboxylic acids is 1. The molecule has 2 heterocycles. The second kappa shape index (κ2) is 4.12. The lowest BCUT2D eigenvalue weighted by Gasteiger charge is -2.37. The van der Waals surface area contributed by atoms with Gasteiger partial charge in [0.25, 0.3) is 0 Å². The maximum Gasteiger partial charge on any atom is 0.331 e. The Morgan fingerprint density at radius 3 is 2.68 bits per heavy atom. The van der Waals surface area contributed by atoms with E-state index >= 15 is 0 Å². The summed E-state index contributed by atoms with van der Waals surface area (Å²) in [6, 6.07) is 2.01. The number of rotatable bonds is 3. The van der Waals surface area contributed by atoms with E-state index < -0.39 is 11.5 Å². The summed E-state index contributed by atoms with van der Waals surface area (Å²) in [5.41, 5.74) is 0.220. The zero-order valence-corrected chi connectivity index (χ0v) is 11.6. The number of thiophene rings is 1. The molecule has 0 amide bonds. The fraction of sp³-hybridized carbons (Fsp3) is 0.500. The molecule has 2 aromatic rings. The smallest absolute Gasteiger partial charge is 0.331 e. The van der Waals surface area contributed by atoms with Crippen LogP contribution in [0.3, 0.4) is 0 Å². The van der Waals surface area contributed by atoms with Gasteiger partial charge in [0, 0.05) is 4.88 Å². The Morgan fingerprint density at radius 2 is 2.21 bits per heavy atom. The predicted octanol–water partition coefficient (Wildman–Crippen LogP) is 1.98. The average molecular weight is 278 g/mol. The molecule has 0 atom stereocenters. The van der Waals surface area contributed by atoms with Crippen LogP contribution >= 0.6 is 11.3 Å². The monoisotopic (exact) mass is 278 g/mol. The third-order valence-corrected chi connectivity index (χ3v) is 4.99. The molecule has 0 spiro atoms. The molecule has 0 radical (unpaired) electrons. The Balaban J connectivity index is 2.10. The molecule has 2 aromatic heterocycles. The van der Waals surface area contributed by atoms with Gasteiger partial charge in [0.05, 0.1) is 4.88 Å². The van der Waals surface area contributed by atoms with Crippen molar-refractivity contribution >= 4 is 17.3 Å². The molecule has 7 heteroatoms. The number of carbonyl (C=O) groups is 1. The van der Waals surface area contributed by atoms with Crippen LogP contribution in [0.25, 0.3) is 10.7 Å². The van der Waals surface area contributed by atoms with Crippen molar-refractivity contribution in [2.45, 2.75) is 38.6 Å². The first-order valence-electron chi connectivity index (χ1n) is 6.14. The van der Waals surface area contributed by atoms with Crippen molar-refractivity contribution in [1.82, 2.24) is 20.2 Å². The lowest BCUT2D eigenvalue weighted by molar-refractivity contribution is -0.153. The number of nitrogens with zero attached hydrogens (tertiary/aromatic N) is 4. The number of carboxylic acid groups (broad SMARTS) is 1. The first kappa shape index (κ1) is 12.3. The molecule has 100 valence electrons. The van der Waals surface area contributed by atoms with Crippen molar-refractivity contribution < 1.29 is 9.90 Å². The first-order valence-corrected chi connectivity index (χ1v) is 6.96. The maximum absolute atomic E-state index is 11.5. The molecular weight excluding hydrogens is 264 g/mol. The highest BCUT2D eigenvalue weighted by Gasteiger charge is 2.49. The predicted molar refractivity (Wildman–Crippen MR) is 70.1 cm³/mol. The molecule has 1 aliphatic rings. The molecule has 0 aliphatic heterocycles. The van der Waals surface area contributed by atoms with E-state index in [0.29, 0.717) is 18.7 Å². The summed E-state index contributed by atoms with van der Waals surface area (Å²) < 4.78 is 1.49. The van der Waals surface area contributed by atoms with Gasteiger partial charge >= 0.3 is 5.97 Å². The molecule has 0 aromatic carbocycles. The van der Waals surface area contributed by atoms with Crippen molar-refractivity contribution in [3.63, 3.8) is 0 Å². The minimum absolute atomic E-state index is 0.559. The van der Waals surface area contributed by atoms with Crippen LogP contribution in [0.15, 0.2) is 6.07 Å². The first-order chi connectivity index (χ1) is 9.04. The van der Waals surface area contributed by atoms with Crippen LogP contribution in [0.2, 0.25) is 0 Å². The molecule has 1 saturated carbocycles. The van der Waals surface area contributed by atoms with Crippen LogP contribution in [-0.4, -0.2) is 31.3 Å². The number of hydrogen-bond acceptors (Lipinski definition) is 5. The molecular formula is C12H14N4O2S. The van der Waals surface area contributed by atoms with Crippen molar-refractivity contribution in [2.75, 3.05) is 0 Å². The van der Waals surface area contributed by atoms with Gasteiger partial charge in [0.2, 0.25) is 0 Å². The van der Waals surface area contributed by atoms with Crippen LogP contribution < -0.4 is 0 Å². The van der Waals surface area contributed by atoms with E-state index in [-0.39, 0.29) is 0 Å². The van der Waals surface area contributed by atoms with Gasteiger partial charge in [-0.3, -0.25) is 0 Å². The number of aromatic nitrogens is 4. The van der Waals surface area contributed by atoms with E-state index in [1.54, 1.807) is 11.3 Å².